The second kappa shape index (κ2) is 6.53. The average molecular weight is 303 g/mol. The van der Waals surface area contributed by atoms with Gasteiger partial charge in [-0.25, -0.2) is 4.79 Å². The predicted molar refractivity (Wildman–Crippen MR) is 87.7 cm³/mol. The van der Waals surface area contributed by atoms with Crippen molar-refractivity contribution in [3.63, 3.8) is 0 Å². The summed E-state index contributed by atoms with van der Waals surface area (Å²) >= 11 is 0. The normalized spacial score (nSPS) is 18.9. The molecule has 0 saturated carbocycles. The zero-order valence-corrected chi connectivity index (χ0v) is 13.9. The Hall–Kier alpha value is -1.81. The molecule has 4 heteroatoms. The number of hydrogen-bond acceptors (Lipinski definition) is 3. The fraction of sp³-hybridized carbons (Fsp3) is 0.500. The van der Waals surface area contributed by atoms with Gasteiger partial charge in [0.25, 0.3) is 0 Å². The van der Waals surface area contributed by atoms with Crippen molar-refractivity contribution in [1.29, 1.82) is 0 Å². The molecule has 4 nitrogen and oxygen atoms in total. The molecule has 0 aromatic heterocycles. The summed E-state index contributed by atoms with van der Waals surface area (Å²) in [5.41, 5.74) is 2.59. The number of morpholine rings is 1. The van der Waals surface area contributed by atoms with E-state index in [0.29, 0.717) is 19.8 Å². The molecule has 2 rings (SSSR count). The van der Waals surface area contributed by atoms with E-state index in [0.717, 1.165) is 16.7 Å². The van der Waals surface area contributed by atoms with Gasteiger partial charge in [0, 0.05) is 6.54 Å². The van der Waals surface area contributed by atoms with Gasteiger partial charge in [0.15, 0.2) is 0 Å². The van der Waals surface area contributed by atoms with Gasteiger partial charge in [0.05, 0.1) is 19.3 Å². The van der Waals surface area contributed by atoms with E-state index in [2.05, 4.69) is 6.58 Å². The molecule has 1 atom stereocenters. The average Bonchev–Trinajstić information content (AvgIpc) is 2.45. The molecular formula is C18H25NO3. The highest BCUT2D eigenvalue weighted by Crippen LogP contribution is 2.31. The van der Waals surface area contributed by atoms with Gasteiger partial charge in [-0.05, 0) is 38.8 Å². The van der Waals surface area contributed by atoms with E-state index in [-0.39, 0.29) is 12.1 Å². The number of amides is 1. The van der Waals surface area contributed by atoms with Gasteiger partial charge in [-0.3, -0.25) is 4.90 Å². The van der Waals surface area contributed by atoms with Crippen LogP contribution in [0.5, 0.6) is 0 Å². The predicted octanol–water partition coefficient (Wildman–Crippen LogP) is 4.03. The highest BCUT2D eigenvalue weighted by molar-refractivity contribution is 5.71. The maximum Gasteiger partial charge on any atom is 0.410 e. The van der Waals surface area contributed by atoms with Gasteiger partial charge in [0.1, 0.15) is 5.60 Å². The SMILES string of the molecule is C=C(C)c1ccccc1C1COCCN1C(=O)OC(C)(C)C. The molecule has 0 N–H and O–H groups in total. The van der Waals surface area contributed by atoms with Crippen LogP contribution in [0.2, 0.25) is 0 Å². The Labute approximate surface area is 132 Å². The van der Waals surface area contributed by atoms with Gasteiger partial charge in [-0.1, -0.05) is 36.4 Å². The van der Waals surface area contributed by atoms with Crippen molar-refractivity contribution in [3.8, 4) is 0 Å². The fourth-order valence-corrected chi connectivity index (χ4v) is 2.58. The maximum atomic E-state index is 12.5. The second-order valence-corrected chi connectivity index (χ2v) is 6.63. The molecule has 1 aromatic carbocycles. The minimum absolute atomic E-state index is 0.142. The minimum Gasteiger partial charge on any atom is -0.444 e. The smallest absolute Gasteiger partial charge is 0.410 e. The molecule has 0 radical (unpaired) electrons. The lowest BCUT2D eigenvalue weighted by Gasteiger charge is -2.37. The van der Waals surface area contributed by atoms with Gasteiger partial charge in [-0.15, -0.1) is 0 Å². The van der Waals surface area contributed by atoms with E-state index >= 15 is 0 Å². The summed E-state index contributed by atoms with van der Waals surface area (Å²) in [6.07, 6.45) is -0.294. The quantitative estimate of drug-likeness (QED) is 0.828. The van der Waals surface area contributed by atoms with Gasteiger partial charge < -0.3 is 9.47 Å². The Balaban J connectivity index is 2.31. The molecule has 120 valence electrons. The second-order valence-electron chi connectivity index (χ2n) is 6.63. The first-order chi connectivity index (χ1) is 10.3. The number of hydrogen-bond donors (Lipinski definition) is 0. The first-order valence-corrected chi connectivity index (χ1v) is 7.62. The third-order valence-electron chi connectivity index (χ3n) is 3.54. The number of allylic oxidation sites excluding steroid dienone is 1. The van der Waals surface area contributed by atoms with Crippen molar-refractivity contribution in [2.24, 2.45) is 0 Å². The largest absolute Gasteiger partial charge is 0.444 e. The summed E-state index contributed by atoms with van der Waals surface area (Å²) in [7, 11) is 0. The minimum atomic E-state index is -0.506. The van der Waals surface area contributed by atoms with Crippen LogP contribution in [0.1, 0.15) is 44.9 Å². The van der Waals surface area contributed by atoms with Crippen molar-refractivity contribution >= 4 is 11.7 Å². The molecule has 1 unspecified atom stereocenters. The summed E-state index contributed by atoms with van der Waals surface area (Å²) in [6.45, 7) is 13.2. The number of nitrogens with zero attached hydrogens (tertiary/aromatic N) is 1. The fourth-order valence-electron chi connectivity index (χ4n) is 2.58. The third kappa shape index (κ3) is 3.89. The van der Waals surface area contributed by atoms with Crippen LogP contribution in [0.4, 0.5) is 4.79 Å². The highest BCUT2D eigenvalue weighted by atomic mass is 16.6. The lowest BCUT2D eigenvalue weighted by molar-refractivity contribution is -0.0331. The molecule has 0 bridgehead atoms. The van der Waals surface area contributed by atoms with E-state index < -0.39 is 5.60 Å². The van der Waals surface area contributed by atoms with Crippen LogP contribution in [-0.2, 0) is 9.47 Å². The Morgan fingerprint density at radius 2 is 2.05 bits per heavy atom. The van der Waals surface area contributed by atoms with Crippen molar-refractivity contribution in [2.75, 3.05) is 19.8 Å². The standard InChI is InChI=1S/C18H25NO3/c1-13(2)14-8-6-7-9-15(14)16-12-21-11-10-19(16)17(20)22-18(3,4)5/h6-9,16H,1,10-12H2,2-5H3. The highest BCUT2D eigenvalue weighted by Gasteiger charge is 2.33. The Morgan fingerprint density at radius 1 is 1.36 bits per heavy atom. The van der Waals surface area contributed by atoms with Gasteiger partial charge >= 0.3 is 6.09 Å². The lowest BCUT2D eigenvalue weighted by atomic mass is 9.95. The number of ether oxygens (including phenoxy) is 2. The molecule has 1 aromatic rings. The van der Waals surface area contributed by atoms with Crippen LogP contribution < -0.4 is 0 Å². The Kier molecular flexibility index (Phi) is 4.91. The summed E-state index contributed by atoms with van der Waals surface area (Å²) in [4.78, 5) is 14.3. The molecule has 1 amide bonds. The van der Waals surface area contributed by atoms with Crippen molar-refractivity contribution in [2.45, 2.75) is 39.3 Å². The van der Waals surface area contributed by atoms with E-state index in [1.165, 1.54) is 0 Å². The number of carbonyl (C=O) groups is 1. The van der Waals surface area contributed by atoms with Crippen LogP contribution in [0.3, 0.4) is 0 Å². The first kappa shape index (κ1) is 16.6. The molecule has 1 fully saturated rings. The van der Waals surface area contributed by atoms with Crippen LogP contribution in [0, 0.1) is 0 Å². The first-order valence-electron chi connectivity index (χ1n) is 7.62. The van der Waals surface area contributed by atoms with E-state index in [1.54, 1.807) is 4.90 Å². The molecule has 1 heterocycles. The number of carbonyl (C=O) groups excluding carboxylic acids is 1. The van der Waals surface area contributed by atoms with E-state index in [1.807, 2.05) is 52.0 Å². The summed E-state index contributed by atoms with van der Waals surface area (Å²) in [6, 6.07) is 7.87. The van der Waals surface area contributed by atoms with Gasteiger partial charge in [-0.2, -0.15) is 0 Å². The monoisotopic (exact) mass is 303 g/mol. The van der Waals surface area contributed by atoms with Gasteiger partial charge in [0.2, 0.25) is 0 Å². The Morgan fingerprint density at radius 3 is 2.68 bits per heavy atom. The van der Waals surface area contributed by atoms with Crippen LogP contribution in [-0.4, -0.2) is 36.4 Å². The molecule has 1 aliphatic rings. The molecule has 0 spiro atoms. The molecule has 0 aliphatic carbocycles. The van der Waals surface area contributed by atoms with Crippen LogP contribution in [0.25, 0.3) is 5.57 Å². The summed E-state index contributed by atoms with van der Waals surface area (Å²) < 4.78 is 11.1. The van der Waals surface area contributed by atoms with Crippen molar-refractivity contribution in [1.82, 2.24) is 4.90 Å². The van der Waals surface area contributed by atoms with E-state index in [9.17, 15) is 4.79 Å². The van der Waals surface area contributed by atoms with Crippen molar-refractivity contribution < 1.29 is 14.3 Å². The molecular weight excluding hydrogens is 278 g/mol. The van der Waals surface area contributed by atoms with Crippen LogP contribution >= 0.6 is 0 Å². The third-order valence-corrected chi connectivity index (χ3v) is 3.54. The van der Waals surface area contributed by atoms with E-state index in [4.69, 9.17) is 9.47 Å². The summed E-state index contributed by atoms with van der Waals surface area (Å²) in [5, 5.41) is 0. The molecule has 1 saturated heterocycles. The topological polar surface area (TPSA) is 38.8 Å². The Bertz CT molecular complexity index is 560. The number of rotatable bonds is 2. The zero-order valence-electron chi connectivity index (χ0n) is 13.9. The zero-order chi connectivity index (χ0) is 16.3. The molecule has 22 heavy (non-hydrogen) atoms. The maximum absolute atomic E-state index is 12.5. The number of benzene rings is 1. The van der Waals surface area contributed by atoms with Crippen LogP contribution in [0.15, 0.2) is 30.8 Å². The van der Waals surface area contributed by atoms with Crippen molar-refractivity contribution in [3.05, 3.63) is 42.0 Å². The summed E-state index contributed by atoms with van der Waals surface area (Å²) in [5.74, 6) is 0. The molecule has 1 aliphatic heterocycles. The lowest BCUT2D eigenvalue weighted by Crippen LogP contribution is -2.45.